The maximum Gasteiger partial charge on any atom is 0.296 e. The summed E-state index contributed by atoms with van der Waals surface area (Å²) in [6, 6.07) is 3.02. The highest BCUT2D eigenvalue weighted by Crippen LogP contribution is 2.38. The number of hydrogen-bond acceptors (Lipinski definition) is 6. The van der Waals surface area contributed by atoms with Crippen LogP contribution in [0.15, 0.2) is 12.1 Å². The molecule has 2 aliphatic rings. The predicted molar refractivity (Wildman–Crippen MR) is 74.7 cm³/mol. The summed E-state index contributed by atoms with van der Waals surface area (Å²) in [6.07, 6.45) is 1.58. The van der Waals surface area contributed by atoms with Gasteiger partial charge in [0.2, 0.25) is 0 Å². The van der Waals surface area contributed by atoms with E-state index in [9.17, 15) is 14.9 Å². The van der Waals surface area contributed by atoms with Gasteiger partial charge in [0.25, 0.3) is 11.6 Å². The van der Waals surface area contributed by atoms with Gasteiger partial charge in [-0.05, 0) is 18.9 Å². The Kier molecular flexibility index (Phi) is 3.61. The lowest BCUT2D eigenvalue weighted by Gasteiger charge is -2.25. The maximum atomic E-state index is 11.3. The second kappa shape index (κ2) is 5.57. The van der Waals surface area contributed by atoms with Gasteiger partial charge in [-0.2, -0.15) is 0 Å². The van der Waals surface area contributed by atoms with Crippen LogP contribution in [0.5, 0.6) is 5.75 Å². The minimum Gasteiger partial charge on any atom is -0.481 e. The first-order valence-electron chi connectivity index (χ1n) is 6.73. The number of nitro benzene ring substituents is 1. The molecule has 8 nitrogen and oxygen atoms in total. The van der Waals surface area contributed by atoms with Crippen molar-refractivity contribution in [3.63, 3.8) is 0 Å². The Morgan fingerprint density at radius 3 is 2.81 bits per heavy atom. The molecule has 0 aromatic heterocycles. The average molecular weight is 293 g/mol. The maximum absolute atomic E-state index is 11.3. The zero-order valence-corrected chi connectivity index (χ0v) is 11.3. The summed E-state index contributed by atoms with van der Waals surface area (Å²) in [5.74, 6) is 0.0483. The molecule has 0 unspecified atom stereocenters. The number of carbonyl (C=O) groups excluding carboxylic acids is 1. The first-order valence-corrected chi connectivity index (χ1v) is 6.73. The number of amides is 1. The van der Waals surface area contributed by atoms with Crippen molar-refractivity contribution in [1.82, 2.24) is 0 Å². The van der Waals surface area contributed by atoms with Crippen molar-refractivity contribution in [2.75, 3.05) is 30.5 Å². The van der Waals surface area contributed by atoms with Crippen LogP contribution in [-0.4, -0.2) is 36.7 Å². The highest BCUT2D eigenvalue weighted by Gasteiger charge is 2.25. The van der Waals surface area contributed by atoms with Gasteiger partial charge in [-0.15, -0.1) is 0 Å². The van der Waals surface area contributed by atoms with E-state index in [1.807, 2.05) is 0 Å². The molecule has 1 amide bonds. The lowest BCUT2D eigenvalue weighted by molar-refractivity contribution is -0.384. The van der Waals surface area contributed by atoms with E-state index in [1.54, 1.807) is 6.07 Å². The molecule has 1 fully saturated rings. The Balaban J connectivity index is 1.91. The van der Waals surface area contributed by atoms with Gasteiger partial charge in [-0.25, -0.2) is 0 Å². The van der Waals surface area contributed by atoms with Gasteiger partial charge < -0.3 is 20.1 Å². The average Bonchev–Trinajstić information content (AvgIpc) is 2.47. The van der Waals surface area contributed by atoms with Crippen molar-refractivity contribution in [2.45, 2.75) is 18.9 Å². The minimum atomic E-state index is -0.457. The molecule has 21 heavy (non-hydrogen) atoms. The first-order chi connectivity index (χ1) is 10.1. The topological polar surface area (TPSA) is 103 Å². The largest absolute Gasteiger partial charge is 0.481 e. The van der Waals surface area contributed by atoms with Gasteiger partial charge in [0, 0.05) is 19.3 Å². The minimum absolute atomic E-state index is 0.0589. The second-order valence-corrected chi connectivity index (χ2v) is 4.99. The van der Waals surface area contributed by atoms with Crippen molar-refractivity contribution in [1.29, 1.82) is 0 Å². The smallest absolute Gasteiger partial charge is 0.296 e. The van der Waals surface area contributed by atoms with Crippen LogP contribution in [0.1, 0.15) is 12.8 Å². The zero-order chi connectivity index (χ0) is 14.8. The molecule has 0 aliphatic carbocycles. The summed E-state index contributed by atoms with van der Waals surface area (Å²) < 4.78 is 10.5. The van der Waals surface area contributed by atoms with E-state index in [0.29, 0.717) is 30.3 Å². The molecule has 3 rings (SSSR count). The number of nitro groups is 1. The molecule has 2 N–H and O–H groups in total. The Hall–Kier alpha value is -2.35. The molecule has 1 aromatic carbocycles. The summed E-state index contributed by atoms with van der Waals surface area (Å²) in [6.45, 7) is 1.14. The Morgan fingerprint density at radius 1 is 1.33 bits per heavy atom. The van der Waals surface area contributed by atoms with Crippen LogP contribution in [0.4, 0.5) is 17.1 Å². The molecule has 0 bridgehead atoms. The number of anilines is 2. The number of nitrogens with zero attached hydrogens (tertiary/aromatic N) is 1. The van der Waals surface area contributed by atoms with Gasteiger partial charge >= 0.3 is 0 Å². The summed E-state index contributed by atoms with van der Waals surface area (Å²) >= 11 is 0. The van der Waals surface area contributed by atoms with Crippen molar-refractivity contribution >= 4 is 23.0 Å². The zero-order valence-electron chi connectivity index (χ0n) is 11.3. The Bertz CT molecular complexity index is 583. The van der Waals surface area contributed by atoms with Crippen molar-refractivity contribution in [2.24, 2.45) is 0 Å². The van der Waals surface area contributed by atoms with Crippen LogP contribution in [0.3, 0.4) is 0 Å². The lowest BCUT2D eigenvalue weighted by Crippen LogP contribution is -2.29. The quantitative estimate of drug-likeness (QED) is 0.647. The third-order valence-electron chi connectivity index (χ3n) is 3.51. The number of hydrogen-bond donors (Lipinski definition) is 2. The number of ether oxygens (including phenoxy) is 2. The van der Waals surface area contributed by atoms with Crippen LogP contribution < -0.4 is 15.4 Å². The molecule has 2 aliphatic heterocycles. The number of rotatable bonds is 3. The summed E-state index contributed by atoms with van der Waals surface area (Å²) in [4.78, 5) is 22.1. The molecule has 1 saturated heterocycles. The van der Waals surface area contributed by atoms with Crippen LogP contribution in [0.25, 0.3) is 0 Å². The van der Waals surface area contributed by atoms with E-state index < -0.39 is 4.92 Å². The van der Waals surface area contributed by atoms with E-state index in [0.717, 1.165) is 12.8 Å². The highest BCUT2D eigenvalue weighted by molar-refractivity contribution is 5.96. The number of nitrogens with one attached hydrogen (secondary N) is 2. The van der Waals surface area contributed by atoms with E-state index >= 15 is 0 Å². The lowest BCUT2D eigenvalue weighted by atomic mass is 10.1. The fraction of sp³-hybridized carbons (Fsp3) is 0.462. The van der Waals surface area contributed by atoms with E-state index in [-0.39, 0.29) is 24.2 Å². The van der Waals surface area contributed by atoms with Crippen LogP contribution in [0.2, 0.25) is 0 Å². The number of carbonyl (C=O) groups is 1. The molecule has 1 aromatic rings. The highest BCUT2D eigenvalue weighted by atomic mass is 16.6. The van der Waals surface area contributed by atoms with E-state index in [1.165, 1.54) is 6.07 Å². The molecular weight excluding hydrogens is 278 g/mol. The molecule has 0 radical (unpaired) electrons. The fourth-order valence-electron chi connectivity index (χ4n) is 2.44. The fourth-order valence-corrected chi connectivity index (χ4v) is 2.44. The van der Waals surface area contributed by atoms with Crippen molar-refractivity contribution < 1.29 is 19.2 Å². The number of fused-ring (bicyclic) bond motifs is 1. The van der Waals surface area contributed by atoms with Crippen molar-refractivity contribution in [3.05, 3.63) is 22.2 Å². The SMILES string of the molecule is O=C1COc2cc([N+](=O)[O-])c(NC3CCOCC3)cc2N1. The molecule has 2 heterocycles. The summed E-state index contributed by atoms with van der Waals surface area (Å²) in [5.41, 5.74) is 0.777. The molecular formula is C13H15N3O5. The van der Waals surface area contributed by atoms with Gasteiger partial charge in [-0.1, -0.05) is 0 Å². The molecule has 0 atom stereocenters. The van der Waals surface area contributed by atoms with Crippen LogP contribution >= 0.6 is 0 Å². The standard InChI is InChI=1S/C13H15N3O5/c17-13-7-21-12-6-11(16(18)19)9(5-10(12)15-13)14-8-1-3-20-4-2-8/h5-6,8,14H,1-4,7H2,(H,15,17). The first kappa shape index (κ1) is 13.6. The molecule has 112 valence electrons. The summed E-state index contributed by atoms with van der Waals surface area (Å²) in [7, 11) is 0. The van der Waals surface area contributed by atoms with E-state index in [4.69, 9.17) is 9.47 Å². The van der Waals surface area contributed by atoms with Gasteiger partial charge in [-0.3, -0.25) is 14.9 Å². The Labute approximate surface area is 120 Å². The van der Waals surface area contributed by atoms with Crippen LogP contribution in [-0.2, 0) is 9.53 Å². The van der Waals surface area contributed by atoms with Gasteiger partial charge in [0.05, 0.1) is 16.7 Å². The predicted octanol–water partition coefficient (Wildman–Crippen LogP) is 1.52. The van der Waals surface area contributed by atoms with Gasteiger partial charge in [0.1, 0.15) is 5.69 Å². The monoisotopic (exact) mass is 293 g/mol. The van der Waals surface area contributed by atoms with Crippen molar-refractivity contribution in [3.8, 4) is 5.75 Å². The molecule has 8 heteroatoms. The molecule has 0 saturated carbocycles. The second-order valence-electron chi connectivity index (χ2n) is 4.99. The van der Waals surface area contributed by atoms with Gasteiger partial charge in [0.15, 0.2) is 12.4 Å². The third-order valence-corrected chi connectivity index (χ3v) is 3.51. The third kappa shape index (κ3) is 2.89. The van der Waals surface area contributed by atoms with E-state index in [2.05, 4.69) is 10.6 Å². The summed E-state index contributed by atoms with van der Waals surface area (Å²) in [5, 5.41) is 17.0. The normalized spacial score (nSPS) is 18.4. The Morgan fingerprint density at radius 2 is 2.10 bits per heavy atom. The van der Waals surface area contributed by atoms with Crippen LogP contribution in [0, 0.1) is 10.1 Å². The number of benzene rings is 1. The molecule has 0 spiro atoms.